The lowest BCUT2D eigenvalue weighted by Crippen LogP contribution is -2.15. The predicted octanol–water partition coefficient (Wildman–Crippen LogP) is 2.11. The van der Waals surface area contributed by atoms with E-state index >= 15 is 0 Å². The van der Waals surface area contributed by atoms with Crippen LogP contribution in [0.4, 0.5) is 5.69 Å². The number of anilines is 1. The van der Waals surface area contributed by atoms with Crippen LogP contribution in [0.15, 0.2) is 27.6 Å². The standard InChI is InChI=1S/C13H16N2O5S/c1-8-13(9(2)20-14-8)21(16,17)15-10-6-5-7-11(18-3)12(10)19-4/h5-7,15H,1-4H3. The summed E-state index contributed by atoms with van der Waals surface area (Å²) >= 11 is 0. The van der Waals surface area contributed by atoms with Gasteiger partial charge in [-0.1, -0.05) is 11.2 Å². The minimum absolute atomic E-state index is 0.0207. The second-order valence-electron chi connectivity index (χ2n) is 4.30. The van der Waals surface area contributed by atoms with Gasteiger partial charge in [0, 0.05) is 0 Å². The Hall–Kier alpha value is -2.22. The number of ether oxygens (including phenoxy) is 2. The van der Waals surface area contributed by atoms with Crippen molar-refractivity contribution in [2.45, 2.75) is 18.7 Å². The van der Waals surface area contributed by atoms with Gasteiger partial charge < -0.3 is 14.0 Å². The van der Waals surface area contributed by atoms with E-state index in [1.54, 1.807) is 25.1 Å². The van der Waals surface area contributed by atoms with Crippen LogP contribution in [-0.4, -0.2) is 27.8 Å². The van der Waals surface area contributed by atoms with Gasteiger partial charge in [-0.05, 0) is 26.0 Å². The van der Waals surface area contributed by atoms with Crippen LogP contribution >= 0.6 is 0 Å². The van der Waals surface area contributed by atoms with Gasteiger partial charge in [0.15, 0.2) is 22.2 Å². The number of sulfonamides is 1. The number of aryl methyl sites for hydroxylation is 2. The Bertz CT molecular complexity index is 732. The third kappa shape index (κ3) is 2.80. The lowest BCUT2D eigenvalue weighted by molar-refractivity contribution is 0.356. The summed E-state index contributed by atoms with van der Waals surface area (Å²) < 4.78 is 42.6. The average Bonchev–Trinajstić information content (AvgIpc) is 2.78. The Balaban J connectivity index is 2.47. The van der Waals surface area contributed by atoms with Crippen LogP contribution in [0.3, 0.4) is 0 Å². The lowest BCUT2D eigenvalue weighted by atomic mass is 10.3. The molecule has 114 valence electrons. The number of nitrogens with zero attached hydrogens (tertiary/aromatic N) is 1. The van der Waals surface area contributed by atoms with Crippen LogP contribution in [0.5, 0.6) is 11.5 Å². The molecule has 0 aliphatic heterocycles. The number of rotatable bonds is 5. The Morgan fingerprint density at radius 2 is 1.90 bits per heavy atom. The summed E-state index contributed by atoms with van der Waals surface area (Å²) in [7, 11) is -0.918. The number of benzene rings is 1. The second-order valence-corrected chi connectivity index (χ2v) is 5.92. The van der Waals surface area contributed by atoms with E-state index in [2.05, 4.69) is 9.88 Å². The highest BCUT2D eigenvalue weighted by molar-refractivity contribution is 7.92. The van der Waals surface area contributed by atoms with Crippen molar-refractivity contribution in [3.05, 3.63) is 29.7 Å². The molecule has 8 heteroatoms. The molecule has 0 saturated heterocycles. The summed E-state index contributed by atoms with van der Waals surface area (Å²) in [5.74, 6) is 0.952. The fraction of sp³-hybridized carbons (Fsp3) is 0.308. The molecule has 0 radical (unpaired) electrons. The molecule has 0 amide bonds. The molecule has 0 bridgehead atoms. The van der Waals surface area contributed by atoms with Crippen molar-refractivity contribution in [2.75, 3.05) is 18.9 Å². The van der Waals surface area contributed by atoms with E-state index in [4.69, 9.17) is 14.0 Å². The van der Waals surface area contributed by atoms with E-state index in [-0.39, 0.29) is 16.3 Å². The van der Waals surface area contributed by atoms with E-state index in [1.807, 2.05) is 0 Å². The summed E-state index contributed by atoms with van der Waals surface area (Å²) in [4.78, 5) is 0.0207. The van der Waals surface area contributed by atoms with Crippen LogP contribution in [-0.2, 0) is 10.0 Å². The minimum atomic E-state index is -3.83. The highest BCUT2D eigenvalue weighted by Gasteiger charge is 2.25. The topological polar surface area (TPSA) is 90.7 Å². The maximum Gasteiger partial charge on any atom is 0.267 e. The maximum atomic E-state index is 12.5. The first kappa shape index (κ1) is 15.2. The van der Waals surface area contributed by atoms with Gasteiger partial charge >= 0.3 is 0 Å². The van der Waals surface area contributed by atoms with Crippen LogP contribution in [0, 0.1) is 13.8 Å². The van der Waals surface area contributed by atoms with Crippen LogP contribution in [0.1, 0.15) is 11.5 Å². The van der Waals surface area contributed by atoms with Crippen molar-refractivity contribution in [2.24, 2.45) is 0 Å². The predicted molar refractivity (Wildman–Crippen MR) is 76.3 cm³/mol. The first-order valence-electron chi connectivity index (χ1n) is 6.07. The fourth-order valence-electron chi connectivity index (χ4n) is 2.02. The number of methoxy groups -OCH3 is 2. The van der Waals surface area contributed by atoms with Gasteiger partial charge in [0.1, 0.15) is 5.69 Å². The molecular formula is C13H16N2O5S. The molecular weight excluding hydrogens is 296 g/mol. The number of nitrogens with one attached hydrogen (secondary N) is 1. The number of hydrogen-bond acceptors (Lipinski definition) is 6. The van der Waals surface area contributed by atoms with Crippen molar-refractivity contribution >= 4 is 15.7 Å². The molecule has 1 aromatic carbocycles. The molecule has 1 heterocycles. The zero-order chi connectivity index (χ0) is 15.6. The monoisotopic (exact) mass is 312 g/mol. The zero-order valence-corrected chi connectivity index (χ0v) is 12.9. The normalized spacial score (nSPS) is 11.2. The molecule has 0 aliphatic carbocycles. The quantitative estimate of drug-likeness (QED) is 0.909. The molecule has 1 aromatic heterocycles. The largest absolute Gasteiger partial charge is 0.493 e. The highest BCUT2D eigenvalue weighted by Crippen LogP contribution is 2.36. The molecule has 7 nitrogen and oxygen atoms in total. The molecule has 0 spiro atoms. The van der Waals surface area contributed by atoms with Crippen molar-refractivity contribution in [1.29, 1.82) is 0 Å². The highest BCUT2D eigenvalue weighted by atomic mass is 32.2. The van der Waals surface area contributed by atoms with E-state index < -0.39 is 10.0 Å². The first-order chi connectivity index (χ1) is 9.90. The number of hydrogen-bond donors (Lipinski definition) is 1. The molecule has 0 unspecified atom stereocenters. The Kier molecular flexibility index (Phi) is 4.08. The number of para-hydroxylation sites is 1. The first-order valence-corrected chi connectivity index (χ1v) is 7.55. The molecule has 0 saturated carbocycles. The third-order valence-corrected chi connectivity index (χ3v) is 4.49. The summed E-state index contributed by atoms with van der Waals surface area (Å²) in [6.45, 7) is 3.10. The molecule has 2 aromatic rings. The van der Waals surface area contributed by atoms with E-state index in [0.29, 0.717) is 17.2 Å². The lowest BCUT2D eigenvalue weighted by Gasteiger charge is -2.14. The van der Waals surface area contributed by atoms with Crippen molar-refractivity contribution in [3.8, 4) is 11.5 Å². The van der Waals surface area contributed by atoms with E-state index in [9.17, 15) is 8.42 Å². The van der Waals surface area contributed by atoms with Crippen molar-refractivity contribution < 1.29 is 22.4 Å². The Morgan fingerprint density at radius 3 is 2.43 bits per heavy atom. The molecule has 0 aliphatic rings. The van der Waals surface area contributed by atoms with Gasteiger partial charge in [-0.25, -0.2) is 8.42 Å². The summed E-state index contributed by atoms with van der Waals surface area (Å²) in [5.41, 5.74) is 0.568. The van der Waals surface area contributed by atoms with Gasteiger partial charge in [-0.2, -0.15) is 0 Å². The second kappa shape index (κ2) is 5.65. The summed E-state index contributed by atoms with van der Waals surface area (Å²) in [6.07, 6.45) is 0. The maximum absolute atomic E-state index is 12.5. The minimum Gasteiger partial charge on any atom is -0.493 e. The van der Waals surface area contributed by atoms with Crippen LogP contribution in [0.25, 0.3) is 0 Å². The molecule has 0 atom stereocenters. The van der Waals surface area contributed by atoms with Crippen LogP contribution in [0.2, 0.25) is 0 Å². The van der Waals surface area contributed by atoms with Crippen molar-refractivity contribution in [3.63, 3.8) is 0 Å². The average molecular weight is 312 g/mol. The Labute approximate surface area is 122 Å². The van der Waals surface area contributed by atoms with Gasteiger partial charge in [0.2, 0.25) is 0 Å². The molecule has 0 fully saturated rings. The smallest absolute Gasteiger partial charge is 0.267 e. The zero-order valence-electron chi connectivity index (χ0n) is 12.1. The van der Waals surface area contributed by atoms with E-state index in [1.165, 1.54) is 21.1 Å². The molecule has 21 heavy (non-hydrogen) atoms. The fourth-order valence-corrected chi connectivity index (χ4v) is 3.42. The van der Waals surface area contributed by atoms with Gasteiger partial charge in [-0.15, -0.1) is 0 Å². The molecule has 1 N–H and O–H groups in total. The summed E-state index contributed by atoms with van der Waals surface area (Å²) in [5, 5.41) is 3.65. The van der Waals surface area contributed by atoms with Gasteiger partial charge in [0.05, 0.1) is 19.9 Å². The molecule has 2 rings (SSSR count). The SMILES string of the molecule is COc1cccc(NS(=O)(=O)c2c(C)noc2C)c1OC. The third-order valence-electron chi connectivity index (χ3n) is 2.88. The van der Waals surface area contributed by atoms with Gasteiger partial charge in [0.25, 0.3) is 10.0 Å². The van der Waals surface area contributed by atoms with E-state index in [0.717, 1.165) is 0 Å². The van der Waals surface area contributed by atoms with Gasteiger partial charge in [-0.3, -0.25) is 4.72 Å². The van der Waals surface area contributed by atoms with Crippen LogP contribution < -0.4 is 14.2 Å². The van der Waals surface area contributed by atoms with Crippen molar-refractivity contribution in [1.82, 2.24) is 5.16 Å². The Morgan fingerprint density at radius 1 is 1.19 bits per heavy atom. The number of aromatic nitrogens is 1. The summed E-state index contributed by atoms with van der Waals surface area (Å²) in [6, 6.07) is 4.91.